The molecular formula is C18H15N3O4. The molecule has 0 aliphatic carbocycles. The van der Waals surface area contributed by atoms with Gasteiger partial charge in [0.05, 0.1) is 6.42 Å². The van der Waals surface area contributed by atoms with Gasteiger partial charge in [-0.2, -0.15) is 0 Å². The van der Waals surface area contributed by atoms with Crippen molar-refractivity contribution < 1.29 is 18.7 Å². The van der Waals surface area contributed by atoms with Crippen molar-refractivity contribution in [3.8, 4) is 11.5 Å². The number of anilines is 1. The minimum absolute atomic E-state index is 0.0806. The Labute approximate surface area is 143 Å². The molecule has 0 bridgehead atoms. The van der Waals surface area contributed by atoms with E-state index in [1.807, 2.05) is 37.3 Å². The number of nitrogens with one attached hydrogen (secondary N) is 1. The fraction of sp³-hybridized carbons (Fsp3) is 0.167. The second-order valence-electron chi connectivity index (χ2n) is 5.59. The number of fused-ring (bicyclic) bond motifs is 1. The van der Waals surface area contributed by atoms with Crippen LogP contribution < -0.4 is 14.8 Å². The van der Waals surface area contributed by atoms with Crippen LogP contribution in [0.4, 0.5) is 5.69 Å². The van der Waals surface area contributed by atoms with Crippen LogP contribution in [0.2, 0.25) is 0 Å². The van der Waals surface area contributed by atoms with Crippen LogP contribution in [-0.2, 0) is 6.42 Å². The van der Waals surface area contributed by atoms with Crippen molar-refractivity contribution in [3.05, 3.63) is 65.4 Å². The zero-order chi connectivity index (χ0) is 17.2. The van der Waals surface area contributed by atoms with E-state index >= 15 is 0 Å². The van der Waals surface area contributed by atoms with E-state index in [-0.39, 0.29) is 12.7 Å². The summed E-state index contributed by atoms with van der Waals surface area (Å²) in [6.45, 7) is 2.03. The monoisotopic (exact) mass is 337 g/mol. The number of benzene rings is 2. The minimum Gasteiger partial charge on any atom is -0.454 e. The first-order valence-corrected chi connectivity index (χ1v) is 7.77. The van der Waals surface area contributed by atoms with E-state index < -0.39 is 5.91 Å². The fourth-order valence-corrected chi connectivity index (χ4v) is 2.61. The molecule has 0 atom stereocenters. The Balaban J connectivity index is 1.49. The van der Waals surface area contributed by atoms with Crippen molar-refractivity contribution >= 4 is 11.6 Å². The van der Waals surface area contributed by atoms with Gasteiger partial charge in [-0.05, 0) is 24.6 Å². The Kier molecular flexibility index (Phi) is 3.81. The van der Waals surface area contributed by atoms with Crippen molar-refractivity contribution in [2.45, 2.75) is 13.3 Å². The number of ether oxygens (including phenoxy) is 2. The SMILES string of the molecule is Cc1c(NC(=O)c2nnc(Cc3ccccc3)o2)ccc2c1OCO2. The second-order valence-corrected chi connectivity index (χ2v) is 5.59. The number of aromatic nitrogens is 2. The molecule has 3 aromatic rings. The summed E-state index contributed by atoms with van der Waals surface area (Å²) in [6.07, 6.45) is 0.476. The van der Waals surface area contributed by atoms with Gasteiger partial charge in [0.1, 0.15) is 0 Å². The van der Waals surface area contributed by atoms with E-state index in [1.54, 1.807) is 12.1 Å². The lowest BCUT2D eigenvalue weighted by Crippen LogP contribution is -2.13. The Bertz CT molecular complexity index is 921. The summed E-state index contributed by atoms with van der Waals surface area (Å²) < 4.78 is 16.2. The average Bonchev–Trinajstić information content (AvgIpc) is 3.28. The third-order valence-electron chi connectivity index (χ3n) is 3.89. The highest BCUT2D eigenvalue weighted by Gasteiger charge is 2.21. The molecule has 0 saturated carbocycles. The van der Waals surface area contributed by atoms with E-state index in [2.05, 4.69) is 15.5 Å². The Morgan fingerprint density at radius 1 is 1.12 bits per heavy atom. The second kappa shape index (κ2) is 6.27. The van der Waals surface area contributed by atoms with Crippen molar-refractivity contribution in [2.75, 3.05) is 12.1 Å². The molecule has 25 heavy (non-hydrogen) atoms. The summed E-state index contributed by atoms with van der Waals surface area (Å²) >= 11 is 0. The summed E-state index contributed by atoms with van der Waals surface area (Å²) in [6, 6.07) is 13.2. The van der Waals surface area contributed by atoms with Gasteiger partial charge in [0.15, 0.2) is 11.5 Å². The molecule has 0 fully saturated rings. The molecule has 7 nitrogen and oxygen atoms in total. The summed E-state index contributed by atoms with van der Waals surface area (Å²) in [5, 5.41) is 10.5. The van der Waals surface area contributed by atoms with Crippen molar-refractivity contribution in [1.29, 1.82) is 0 Å². The van der Waals surface area contributed by atoms with Gasteiger partial charge in [0.2, 0.25) is 12.7 Å². The maximum absolute atomic E-state index is 12.4. The Morgan fingerprint density at radius 2 is 1.96 bits per heavy atom. The molecule has 1 amide bonds. The highest BCUT2D eigenvalue weighted by Crippen LogP contribution is 2.39. The van der Waals surface area contributed by atoms with Crippen LogP contribution >= 0.6 is 0 Å². The van der Waals surface area contributed by atoms with E-state index in [0.717, 1.165) is 11.1 Å². The van der Waals surface area contributed by atoms with Gasteiger partial charge in [-0.15, -0.1) is 10.2 Å². The molecule has 4 rings (SSSR count). The molecule has 1 aromatic heterocycles. The fourth-order valence-electron chi connectivity index (χ4n) is 2.61. The highest BCUT2D eigenvalue weighted by molar-refractivity contribution is 6.01. The van der Waals surface area contributed by atoms with Gasteiger partial charge >= 0.3 is 11.8 Å². The van der Waals surface area contributed by atoms with E-state index in [4.69, 9.17) is 13.9 Å². The molecule has 1 N–H and O–H groups in total. The molecule has 2 heterocycles. The molecule has 1 aliphatic heterocycles. The molecule has 0 radical (unpaired) electrons. The third kappa shape index (κ3) is 3.03. The molecular weight excluding hydrogens is 322 g/mol. The van der Waals surface area contributed by atoms with Crippen LogP contribution in [0.5, 0.6) is 11.5 Å². The van der Waals surface area contributed by atoms with Gasteiger partial charge in [0, 0.05) is 11.3 Å². The number of hydrogen-bond acceptors (Lipinski definition) is 6. The van der Waals surface area contributed by atoms with Crippen LogP contribution in [0.25, 0.3) is 0 Å². The normalized spacial score (nSPS) is 12.2. The maximum atomic E-state index is 12.4. The van der Waals surface area contributed by atoms with Gasteiger partial charge in [0.25, 0.3) is 0 Å². The lowest BCUT2D eigenvalue weighted by Gasteiger charge is -2.08. The van der Waals surface area contributed by atoms with Gasteiger partial charge in [-0.1, -0.05) is 30.3 Å². The largest absolute Gasteiger partial charge is 0.454 e. The lowest BCUT2D eigenvalue weighted by atomic mass is 10.1. The van der Waals surface area contributed by atoms with Gasteiger partial charge in [-0.3, -0.25) is 4.79 Å². The number of amides is 1. The third-order valence-corrected chi connectivity index (χ3v) is 3.89. The maximum Gasteiger partial charge on any atom is 0.313 e. The van der Waals surface area contributed by atoms with Crippen LogP contribution in [0, 0.1) is 6.92 Å². The van der Waals surface area contributed by atoms with E-state index in [9.17, 15) is 4.79 Å². The summed E-state index contributed by atoms with van der Waals surface area (Å²) in [5.74, 6) is 1.14. The Hall–Kier alpha value is -3.35. The average molecular weight is 337 g/mol. The van der Waals surface area contributed by atoms with Crippen LogP contribution in [0.3, 0.4) is 0 Å². The molecule has 7 heteroatoms. The van der Waals surface area contributed by atoms with E-state index in [0.29, 0.717) is 29.5 Å². The predicted molar refractivity (Wildman–Crippen MR) is 88.8 cm³/mol. The van der Waals surface area contributed by atoms with E-state index in [1.165, 1.54) is 0 Å². The highest BCUT2D eigenvalue weighted by atomic mass is 16.7. The number of carbonyl (C=O) groups excluding carboxylic acids is 1. The summed E-state index contributed by atoms with van der Waals surface area (Å²) in [5.41, 5.74) is 2.43. The summed E-state index contributed by atoms with van der Waals surface area (Å²) in [4.78, 5) is 12.4. The first-order valence-electron chi connectivity index (χ1n) is 7.77. The topological polar surface area (TPSA) is 86.5 Å². The minimum atomic E-state index is -0.464. The lowest BCUT2D eigenvalue weighted by molar-refractivity contribution is 0.0988. The van der Waals surface area contributed by atoms with Crippen molar-refractivity contribution in [3.63, 3.8) is 0 Å². The number of nitrogens with zero attached hydrogens (tertiary/aromatic N) is 2. The zero-order valence-corrected chi connectivity index (χ0v) is 13.5. The quantitative estimate of drug-likeness (QED) is 0.788. The predicted octanol–water partition coefficient (Wildman–Crippen LogP) is 2.95. The number of hydrogen-bond donors (Lipinski definition) is 1. The number of rotatable bonds is 4. The van der Waals surface area contributed by atoms with Crippen LogP contribution in [-0.4, -0.2) is 22.9 Å². The van der Waals surface area contributed by atoms with Crippen LogP contribution in [0.1, 0.15) is 27.7 Å². The molecule has 1 aliphatic rings. The zero-order valence-electron chi connectivity index (χ0n) is 13.5. The number of carbonyl (C=O) groups is 1. The summed E-state index contributed by atoms with van der Waals surface area (Å²) in [7, 11) is 0. The molecule has 126 valence electrons. The molecule has 0 saturated heterocycles. The van der Waals surface area contributed by atoms with Gasteiger partial charge in [-0.25, -0.2) is 0 Å². The molecule has 0 spiro atoms. The van der Waals surface area contributed by atoms with Crippen molar-refractivity contribution in [2.24, 2.45) is 0 Å². The van der Waals surface area contributed by atoms with Gasteiger partial charge < -0.3 is 19.2 Å². The van der Waals surface area contributed by atoms with Crippen LogP contribution in [0.15, 0.2) is 46.9 Å². The van der Waals surface area contributed by atoms with Crippen molar-refractivity contribution in [1.82, 2.24) is 10.2 Å². The Morgan fingerprint density at radius 3 is 2.80 bits per heavy atom. The first-order chi connectivity index (χ1) is 12.2. The smallest absolute Gasteiger partial charge is 0.313 e. The molecule has 0 unspecified atom stereocenters. The molecule has 2 aromatic carbocycles. The standard InChI is InChI=1S/C18H15N3O4/c1-11-13(7-8-14-16(11)24-10-23-14)19-17(22)18-21-20-15(25-18)9-12-5-3-2-4-6-12/h2-8H,9-10H2,1H3,(H,19,22). The first kappa shape index (κ1) is 15.2.